The monoisotopic (exact) mass is 432 g/mol. The molecule has 0 aliphatic heterocycles. The SMILES string of the molecule is CCCCCCCCCCCCOC(=O)C(CC(=O)[O-])(OCC)S(=O)(=O)O.[Na+]. The Balaban J connectivity index is 0. The second-order valence-corrected chi connectivity index (χ2v) is 8.14. The smallest absolute Gasteiger partial charge is 0.550 e. The second-order valence-electron chi connectivity index (χ2n) is 6.53. The minimum atomic E-state index is -5.17. The zero-order chi connectivity index (χ0) is 20.8. The Morgan fingerprint density at radius 1 is 0.929 bits per heavy atom. The van der Waals surface area contributed by atoms with Gasteiger partial charge in [0.1, 0.15) is 0 Å². The van der Waals surface area contributed by atoms with E-state index in [1.165, 1.54) is 39.0 Å². The van der Waals surface area contributed by atoms with Crippen LogP contribution >= 0.6 is 0 Å². The van der Waals surface area contributed by atoms with Gasteiger partial charge in [-0.1, -0.05) is 64.7 Å². The minimum absolute atomic E-state index is 0. The van der Waals surface area contributed by atoms with Crippen molar-refractivity contribution in [1.82, 2.24) is 0 Å². The van der Waals surface area contributed by atoms with Gasteiger partial charge in [0.2, 0.25) is 0 Å². The third-order valence-corrected chi connectivity index (χ3v) is 5.48. The van der Waals surface area contributed by atoms with Crippen LogP contribution in [0, 0.1) is 0 Å². The summed E-state index contributed by atoms with van der Waals surface area (Å²) in [6.07, 6.45) is 9.42. The molecular weight excluding hydrogens is 399 g/mol. The van der Waals surface area contributed by atoms with Crippen LogP contribution < -0.4 is 34.7 Å². The van der Waals surface area contributed by atoms with Gasteiger partial charge in [-0.05, 0) is 13.3 Å². The molecule has 0 aromatic rings. The molecule has 0 bridgehead atoms. The molecule has 0 fully saturated rings. The van der Waals surface area contributed by atoms with E-state index in [1.54, 1.807) is 0 Å². The Bertz CT molecular complexity index is 538. The van der Waals surface area contributed by atoms with Crippen molar-refractivity contribution in [1.29, 1.82) is 0 Å². The summed E-state index contributed by atoms with van der Waals surface area (Å²) in [6, 6.07) is 0. The maximum absolute atomic E-state index is 12.1. The zero-order valence-electron chi connectivity index (χ0n) is 17.4. The summed E-state index contributed by atoms with van der Waals surface area (Å²) < 4.78 is 42.1. The maximum atomic E-state index is 12.1. The second kappa shape index (κ2) is 16.6. The number of esters is 1. The molecule has 28 heavy (non-hydrogen) atoms. The van der Waals surface area contributed by atoms with Crippen LogP contribution in [0.5, 0.6) is 0 Å². The Kier molecular flexibility index (Phi) is 17.8. The molecular formula is C18H33NaO8S. The fourth-order valence-electron chi connectivity index (χ4n) is 2.74. The van der Waals surface area contributed by atoms with E-state index in [0.29, 0.717) is 6.42 Å². The maximum Gasteiger partial charge on any atom is 1.00 e. The van der Waals surface area contributed by atoms with Gasteiger partial charge < -0.3 is 19.4 Å². The van der Waals surface area contributed by atoms with Gasteiger partial charge in [0.15, 0.2) is 0 Å². The van der Waals surface area contributed by atoms with E-state index in [-0.39, 0.29) is 42.8 Å². The standard InChI is InChI=1S/C18H34O8S.Na/c1-3-5-6-7-8-9-10-11-12-13-14-25-17(21)18(26-4-2,15-16(19)20)27(22,23)24;/h3-15H2,1-2H3,(H,19,20)(H,22,23,24);/q;+1/p-1. The first-order valence-electron chi connectivity index (χ1n) is 9.69. The van der Waals surface area contributed by atoms with Crippen LogP contribution in [-0.4, -0.2) is 43.1 Å². The normalized spacial score (nSPS) is 13.4. The Labute approximate surface area is 190 Å². The first-order chi connectivity index (χ1) is 12.7. The summed E-state index contributed by atoms with van der Waals surface area (Å²) in [4.78, 5) is 20.0. The van der Waals surface area contributed by atoms with Gasteiger partial charge >= 0.3 is 45.6 Å². The van der Waals surface area contributed by atoms with E-state index < -0.39 is 33.4 Å². The van der Waals surface area contributed by atoms with Crippen LogP contribution in [0.4, 0.5) is 0 Å². The number of unbranched alkanes of at least 4 members (excludes halogenated alkanes) is 9. The van der Waals surface area contributed by atoms with Crippen LogP contribution in [0.3, 0.4) is 0 Å². The van der Waals surface area contributed by atoms with Crippen molar-refractivity contribution in [3.63, 3.8) is 0 Å². The van der Waals surface area contributed by atoms with Crippen molar-refractivity contribution < 1.29 is 66.7 Å². The van der Waals surface area contributed by atoms with Crippen molar-refractivity contribution >= 4 is 22.1 Å². The third kappa shape index (κ3) is 11.7. The van der Waals surface area contributed by atoms with E-state index in [0.717, 1.165) is 25.7 Å². The molecule has 160 valence electrons. The van der Waals surface area contributed by atoms with Crippen molar-refractivity contribution in [3.05, 3.63) is 0 Å². The van der Waals surface area contributed by atoms with Crippen LogP contribution in [0.15, 0.2) is 0 Å². The van der Waals surface area contributed by atoms with Gasteiger partial charge in [0, 0.05) is 19.0 Å². The number of ether oxygens (including phenoxy) is 2. The summed E-state index contributed by atoms with van der Waals surface area (Å²) in [7, 11) is -5.17. The summed E-state index contributed by atoms with van der Waals surface area (Å²) in [5.74, 6) is -3.29. The van der Waals surface area contributed by atoms with E-state index in [9.17, 15) is 27.7 Å². The van der Waals surface area contributed by atoms with E-state index in [4.69, 9.17) is 9.47 Å². The van der Waals surface area contributed by atoms with Gasteiger partial charge in [0.25, 0.3) is 4.93 Å². The van der Waals surface area contributed by atoms with Gasteiger partial charge in [-0.25, -0.2) is 4.79 Å². The third-order valence-electron chi connectivity index (χ3n) is 4.21. The molecule has 0 heterocycles. The average molecular weight is 433 g/mol. The largest absolute Gasteiger partial charge is 1.00 e. The van der Waals surface area contributed by atoms with E-state index in [2.05, 4.69) is 6.92 Å². The molecule has 1 atom stereocenters. The van der Waals surface area contributed by atoms with Crippen LogP contribution in [0.1, 0.15) is 84.5 Å². The molecule has 10 heteroatoms. The number of carbonyl (C=O) groups excluding carboxylic acids is 2. The molecule has 1 unspecified atom stereocenters. The molecule has 8 nitrogen and oxygen atoms in total. The molecule has 0 amide bonds. The van der Waals surface area contributed by atoms with Crippen molar-refractivity contribution in [2.24, 2.45) is 0 Å². The average Bonchev–Trinajstić information content (AvgIpc) is 2.57. The number of hydrogen-bond donors (Lipinski definition) is 1. The molecule has 0 aromatic carbocycles. The fraction of sp³-hybridized carbons (Fsp3) is 0.889. The van der Waals surface area contributed by atoms with Crippen molar-refractivity contribution in [3.8, 4) is 0 Å². The van der Waals surface area contributed by atoms with Crippen LogP contribution in [0.25, 0.3) is 0 Å². The Hall–Kier alpha value is -0.190. The van der Waals surface area contributed by atoms with E-state index in [1.807, 2.05) is 0 Å². The molecule has 0 rings (SSSR count). The number of rotatable bonds is 17. The molecule has 0 saturated heterocycles. The molecule has 0 saturated carbocycles. The summed E-state index contributed by atoms with van der Waals surface area (Å²) in [5, 5.41) is 10.8. The summed E-state index contributed by atoms with van der Waals surface area (Å²) >= 11 is 0. The molecule has 0 radical (unpaired) electrons. The van der Waals surface area contributed by atoms with Crippen LogP contribution in [0.2, 0.25) is 0 Å². The van der Waals surface area contributed by atoms with Gasteiger partial charge in [-0.2, -0.15) is 8.42 Å². The first-order valence-corrected chi connectivity index (χ1v) is 11.1. The van der Waals surface area contributed by atoms with Crippen molar-refractivity contribution in [2.75, 3.05) is 13.2 Å². The number of carboxylic acid groups (broad SMARTS) is 1. The van der Waals surface area contributed by atoms with Crippen molar-refractivity contribution in [2.45, 2.75) is 89.4 Å². The van der Waals surface area contributed by atoms with Gasteiger partial charge in [0.05, 0.1) is 6.61 Å². The predicted octanol–water partition coefficient (Wildman–Crippen LogP) is -0.785. The Morgan fingerprint density at radius 2 is 1.39 bits per heavy atom. The van der Waals surface area contributed by atoms with Gasteiger partial charge in [-0.3, -0.25) is 4.55 Å². The quantitative estimate of drug-likeness (QED) is 0.137. The molecule has 1 N–H and O–H groups in total. The number of aliphatic carboxylic acids is 1. The Morgan fingerprint density at radius 3 is 1.79 bits per heavy atom. The fourth-order valence-corrected chi connectivity index (χ4v) is 3.58. The minimum Gasteiger partial charge on any atom is -0.550 e. The zero-order valence-corrected chi connectivity index (χ0v) is 20.2. The predicted molar refractivity (Wildman–Crippen MR) is 98.3 cm³/mol. The summed E-state index contributed by atoms with van der Waals surface area (Å²) in [5.41, 5.74) is 0. The van der Waals surface area contributed by atoms with Crippen LogP contribution in [-0.2, 0) is 29.2 Å². The first kappa shape index (κ1) is 30.0. The molecule has 0 spiro atoms. The van der Waals surface area contributed by atoms with Gasteiger partial charge in [-0.15, -0.1) is 0 Å². The topological polar surface area (TPSA) is 130 Å². The molecule has 0 aliphatic carbocycles. The van der Waals surface area contributed by atoms with E-state index >= 15 is 0 Å². The molecule has 0 aliphatic rings. The number of carbonyl (C=O) groups is 2. The molecule has 0 aromatic heterocycles. The number of carboxylic acids is 1. The summed E-state index contributed by atoms with van der Waals surface area (Å²) in [6.45, 7) is 3.16. The number of hydrogen-bond acceptors (Lipinski definition) is 7.